The van der Waals surface area contributed by atoms with Crippen LogP contribution in [-0.2, 0) is 14.3 Å². The minimum Gasteiger partial charge on any atom is -0.462 e. The van der Waals surface area contributed by atoms with Crippen LogP contribution < -0.4 is 5.32 Å². The average Bonchev–Trinajstić information content (AvgIpc) is 2.99. The summed E-state index contributed by atoms with van der Waals surface area (Å²) in [6.07, 6.45) is 1.38. The van der Waals surface area contributed by atoms with Gasteiger partial charge in [0.25, 0.3) is 5.91 Å². The van der Waals surface area contributed by atoms with Gasteiger partial charge in [-0.3, -0.25) is 4.79 Å². The lowest BCUT2D eigenvalue weighted by Gasteiger charge is -2.06. The van der Waals surface area contributed by atoms with Gasteiger partial charge >= 0.3 is 11.9 Å². The van der Waals surface area contributed by atoms with Crippen molar-refractivity contribution < 1.29 is 23.9 Å². The molecule has 2 aromatic rings. The van der Waals surface area contributed by atoms with Crippen LogP contribution in [0.2, 0.25) is 0 Å². The summed E-state index contributed by atoms with van der Waals surface area (Å²) in [7, 11) is 0. The van der Waals surface area contributed by atoms with E-state index in [4.69, 9.17) is 9.47 Å². The maximum Gasteiger partial charge on any atom is 0.340 e. The third-order valence-corrected chi connectivity index (χ3v) is 4.26. The number of ether oxygens (including phenoxy) is 2. The molecule has 0 saturated heterocycles. The molecule has 1 heterocycles. The molecule has 0 bridgehead atoms. The molecule has 156 valence electrons. The van der Waals surface area contributed by atoms with Gasteiger partial charge in [0.15, 0.2) is 0 Å². The number of aromatic amines is 1. The third-order valence-electron chi connectivity index (χ3n) is 4.26. The molecule has 0 aliphatic carbocycles. The molecule has 0 aliphatic rings. The van der Waals surface area contributed by atoms with Crippen molar-refractivity contribution in [3.63, 3.8) is 0 Å². The normalized spacial score (nSPS) is 10.8. The zero-order chi connectivity index (χ0) is 22.3. The van der Waals surface area contributed by atoms with Crippen LogP contribution in [0.15, 0.2) is 29.8 Å². The maximum atomic E-state index is 12.5. The third kappa shape index (κ3) is 5.14. The Kier molecular flexibility index (Phi) is 7.53. The minimum atomic E-state index is -0.620. The lowest BCUT2D eigenvalue weighted by atomic mass is 10.1. The summed E-state index contributed by atoms with van der Waals surface area (Å²) in [5, 5.41) is 12.0. The number of nitriles is 1. The standard InChI is InChI=1S/C22H23N3O5/c1-5-29-21(27)15-7-9-17(10-8-15)25-20(26)16(12-23)11-18-13(3)19(14(4)24-18)22(28)30-6-2/h7-11,24H,5-6H2,1-4H3,(H,25,26)/b16-11+. The highest BCUT2D eigenvalue weighted by Crippen LogP contribution is 2.22. The van der Waals surface area contributed by atoms with E-state index in [1.807, 2.05) is 6.07 Å². The van der Waals surface area contributed by atoms with Gasteiger partial charge in [-0.2, -0.15) is 5.26 Å². The fourth-order valence-electron chi connectivity index (χ4n) is 2.82. The monoisotopic (exact) mass is 409 g/mol. The molecule has 0 unspecified atom stereocenters. The predicted octanol–water partition coefficient (Wildman–Crippen LogP) is 3.53. The van der Waals surface area contributed by atoms with Gasteiger partial charge in [0.1, 0.15) is 11.6 Å². The van der Waals surface area contributed by atoms with Gasteiger partial charge in [0, 0.05) is 17.1 Å². The maximum absolute atomic E-state index is 12.5. The van der Waals surface area contributed by atoms with Crippen molar-refractivity contribution in [1.82, 2.24) is 4.98 Å². The number of hydrogen-bond donors (Lipinski definition) is 2. The van der Waals surface area contributed by atoms with Crippen LogP contribution in [0.1, 0.15) is 51.5 Å². The molecular weight excluding hydrogens is 386 g/mol. The topological polar surface area (TPSA) is 121 Å². The number of aryl methyl sites for hydroxylation is 1. The number of esters is 2. The van der Waals surface area contributed by atoms with Crippen LogP contribution >= 0.6 is 0 Å². The molecular formula is C22H23N3O5. The number of anilines is 1. The first-order valence-corrected chi connectivity index (χ1v) is 9.38. The highest BCUT2D eigenvalue weighted by Gasteiger charge is 2.20. The van der Waals surface area contributed by atoms with E-state index < -0.39 is 17.8 Å². The van der Waals surface area contributed by atoms with Crippen LogP contribution in [0.4, 0.5) is 5.69 Å². The smallest absolute Gasteiger partial charge is 0.340 e. The molecule has 0 radical (unpaired) electrons. The van der Waals surface area contributed by atoms with Gasteiger partial charge in [0.05, 0.1) is 24.3 Å². The van der Waals surface area contributed by atoms with E-state index in [9.17, 15) is 19.6 Å². The summed E-state index contributed by atoms with van der Waals surface area (Å²) in [5.74, 6) is -1.54. The van der Waals surface area contributed by atoms with Crippen molar-refractivity contribution in [3.8, 4) is 6.07 Å². The van der Waals surface area contributed by atoms with Crippen molar-refractivity contribution in [2.45, 2.75) is 27.7 Å². The van der Waals surface area contributed by atoms with Crippen molar-refractivity contribution in [1.29, 1.82) is 5.26 Å². The van der Waals surface area contributed by atoms with E-state index in [1.165, 1.54) is 18.2 Å². The van der Waals surface area contributed by atoms with E-state index in [0.717, 1.165) is 0 Å². The first-order chi connectivity index (χ1) is 14.3. The fraction of sp³-hybridized carbons (Fsp3) is 0.273. The minimum absolute atomic E-state index is 0.149. The number of aromatic nitrogens is 1. The average molecular weight is 409 g/mol. The van der Waals surface area contributed by atoms with Gasteiger partial charge in [-0.05, 0) is 63.6 Å². The lowest BCUT2D eigenvalue weighted by Crippen LogP contribution is -2.14. The Bertz CT molecular complexity index is 1030. The summed E-state index contributed by atoms with van der Waals surface area (Å²) in [4.78, 5) is 39.3. The quantitative estimate of drug-likeness (QED) is 0.410. The van der Waals surface area contributed by atoms with Gasteiger partial charge in [-0.15, -0.1) is 0 Å². The first-order valence-electron chi connectivity index (χ1n) is 9.38. The number of amides is 1. The molecule has 30 heavy (non-hydrogen) atoms. The van der Waals surface area contributed by atoms with Crippen molar-refractivity contribution in [2.75, 3.05) is 18.5 Å². The van der Waals surface area contributed by atoms with E-state index in [0.29, 0.717) is 33.8 Å². The number of benzene rings is 1. The summed E-state index contributed by atoms with van der Waals surface area (Å²) in [6.45, 7) is 7.37. The molecule has 2 rings (SSSR count). The van der Waals surface area contributed by atoms with Gasteiger partial charge in [0.2, 0.25) is 0 Å². The zero-order valence-corrected chi connectivity index (χ0v) is 17.3. The second kappa shape index (κ2) is 10.1. The second-order valence-electron chi connectivity index (χ2n) is 6.31. The number of nitrogens with zero attached hydrogens (tertiary/aromatic N) is 1. The first kappa shape index (κ1) is 22.4. The molecule has 0 aliphatic heterocycles. The Morgan fingerprint density at radius 2 is 1.67 bits per heavy atom. The largest absolute Gasteiger partial charge is 0.462 e. The molecule has 0 fully saturated rings. The van der Waals surface area contributed by atoms with Crippen LogP contribution in [0, 0.1) is 25.2 Å². The number of rotatable bonds is 7. The Morgan fingerprint density at radius 3 is 2.23 bits per heavy atom. The highest BCUT2D eigenvalue weighted by molar-refractivity contribution is 6.10. The number of nitrogens with one attached hydrogen (secondary N) is 2. The number of carbonyl (C=O) groups excluding carboxylic acids is 3. The summed E-state index contributed by atoms with van der Waals surface area (Å²) >= 11 is 0. The van der Waals surface area contributed by atoms with E-state index >= 15 is 0 Å². The molecule has 8 nitrogen and oxygen atoms in total. The number of H-pyrrole nitrogens is 1. The number of hydrogen-bond acceptors (Lipinski definition) is 6. The van der Waals surface area contributed by atoms with Crippen LogP contribution in [0.5, 0.6) is 0 Å². The summed E-state index contributed by atoms with van der Waals surface area (Å²) in [6, 6.07) is 8.00. The van der Waals surface area contributed by atoms with Crippen LogP contribution in [0.25, 0.3) is 6.08 Å². The molecule has 2 N–H and O–H groups in total. The summed E-state index contributed by atoms with van der Waals surface area (Å²) < 4.78 is 9.96. The molecule has 0 saturated carbocycles. The van der Waals surface area contributed by atoms with Crippen LogP contribution in [-0.4, -0.2) is 36.0 Å². The van der Waals surface area contributed by atoms with E-state index in [-0.39, 0.29) is 18.8 Å². The van der Waals surface area contributed by atoms with E-state index in [2.05, 4.69) is 10.3 Å². The van der Waals surface area contributed by atoms with Gasteiger partial charge in [-0.25, -0.2) is 9.59 Å². The summed E-state index contributed by atoms with van der Waals surface area (Å²) in [5.41, 5.74) is 2.66. The fourth-order valence-corrected chi connectivity index (χ4v) is 2.82. The highest BCUT2D eigenvalue weighted by atomic mass is 16.5. The molecule has 0 spiro atoms. The second-order valence-corrected chi connectivity index (χ2v) is 6.31. The van der Waals surface area contributed by atoms with Crippen molar-refractivity contribution in [3.05, 3.63) is 57.9 Å². The SMILES string of the molecule is CCOC(=O)c1ccc(NC(=O)/C(C#N)=C/c2[nH]c(C)c(C(=O)OCC)c2C)cc1. The molecule has 0 atom stereocenters. The zero-order valence-electron chi connectivity index (χ0n) is 17.3. The van der Waals surface area contributed by atoms with Crippen LogP contribution in [0.3, 0.4) is 0 Å². The molecule has 1 aromatic heterocycles. The van der Waals surface area contributed by atoms with Gasteiger partial charge in [-0.1, -0.05) is 0 Å². The van der Waals surface area contributed by atoms with Gasteiger partial charge < -0.3 is 19.8 Å². The molecule has 1 aromatic carbocycles. The number of carbonyl (C=O) groups is 3. The van der Waals surface area contributed by atoms with Crippen molar-refractivity contribution in [2.24, 2.45) is 0 Å². The Hall–Kier alpha value is -3.86. The Balaban J connectivity index is 2.22. The predicted molar refractivity (Wildman–Crippen MR) is 111 cm³/mol. The van der Waals surface area contributed by atoms with E-state index in [1.54, 1.807) is 39.8 Å². The lowest BCUT2D eigenvalue weighted by molar-refractivity contribution is -0.112. The molecule has 8 heteroatoms. The Morgan fingerprint density at radius 1 is 1.07 bits per heavy atom. The molecule has 1 amide bonds. The van der Waals surface area contributed by atoms with Crippen molar-refractivity contribution >= 4 is 29.6 Å². The Labute approximate surface area is 174 Å².